The molecule has 0 atom stereocenters. The van der Waals surface area contributed by atoms with Crippen molar-refractivity contribution in [3.05, 3.63) is 59.4 Å². The molecular weight excluding hydrogens is 310 g/mol. The predicted octanol–water partition coefficient (Wildman–Crippen LogP) is 2.96. The van der Waals surface area contributed by atoms with Gasteiger partial charge in [0.2, 0.25) is 11.6 Å². The van der Waals surface area contributed by atoms with Gasteiger partial charge in [-0.3, -0.25) is 4.90 Å². The highest BCUT2D eigenvalue weighted by Crippen LogP contribution is 2.27. The van der Waals surface area contributed by atoms with Gasteiger partial charge in [0.15, 0.2) is 0 Å². The number of hydrogen-bond acceptors (Lipinski definition) is 3. The van der Waals surface area contributed by atoms with Gasteiger partial charge >= 0.3 is 0 Å². The molecule has 1 aliphatic rings. The summed E-state index contributed by atoms with van der Waals surface area (Å²) < 4.78 is 54.0. The van der Waals surface area contributed by atoms with Crippen LogP contribution in [0.25, 0.3) is 0 Å². The Bertz CT molecular complexity index is 659. The van der Waals surface area contributed by atoms with Crippen LogP contribution in [0.3, 0.4) is 0 Å². The lowest BCUT2D eigenvalue weighted by atomic mass is 10.2. The minimum atomic E-state index is -1.62. The van der Waals surface area contributed by atoms with E-state index in [0.29, 0.717) is 13.1 Å². The van der Waals surface area contributed by atoms with Gasteiger partial charge in [-0.15, -0.1) is 0 Å². The monoisotopic (exact) mass is 325 g/mol. The number of benzene rings is 1. The molecule has 1 aromatic carbocycles. The summed E-state index contributed by atoms with van der Waals surface area (Å²) in [5, 5.41) is 0. The standard InChI is InChI=1S/C16H15F4N3/c17-12-14(13(18)16(20)21-15(12)19)23-8-6-22(7-9-23)10-11-4-2-1-3-5-11/h1-5H,6-10H2. The smallest absolute Gasteiger partial charge is 0.253 e. The maximum atomic E-state index is 13.8. The molecule has 1 aliphatic heterocycles. The summed E-state index contributed by atoms with van der Waals surface area (Å²) in [5.41, 5.74) is 0.466. The molecule has 0 unspecified atom stereocenters. The van der Waals surface area contributed by atoms with Gasteiger partial charge in [0, 0.05) is 32.7 Å². The molecule has 0 saturated carbocycles. The highest BCUT2D eigenvalue weighted by molar-refractivity contribution is 5.49. The molecule has 0 aliphatic carbocycles. The zero-order chi connectivity index (χ0) is 16.4. The van der Waals surface area contributed by atoms with Crippen LogP contribution >= 0.6 is 0 Å². The second kappa shape index (κ2) is 6.54. The van der Waals surface area contributed by atoms with E-state index in [1.165, 1.54) is 4.90 Å². The van der Waals surface area contributed by atoms with Crippen molar-refractivity contribution in [2.45, 2.75) is 6.54 Å². The van der Waals surface area contributed by atoms with Gasteiger partial charge in [-0.2, -0.15) is 22.5 Å². The summed E-state index contributed by atoms with van der Waals surface area (Å²) in [6.07, 6.45) is 0. The molecule has 2 aromatic rings. The van der Waals surface area contributed by atoms with E-state index < -0.39 is 29.2 Å². The number of aromatic nitrogens is 1. The lowest BCUT2D eigenvalue weighted by Gasteiger charge is -2.36. The molecule has 2 heterocycles. The summed E-state index contributed by atoms with van der Waals surface area (Å²) in [4.78, 5) is 6.02. The first-order valence-corrected chi connectivity index (χ1v) is 7.27. The van der Waals surface area contributed by atoms with E-state index in [0.717, 1.165) is 12.1 Å². The third-order valence-corrected chi connectivity index (χ3v) is 3.91. The quantitative estimate of drug-likeness (QED) is 0.639. The average Bonchev–Trinajstić information content (AvgIpc) is 2.56. The Hall–Kier alpha value is -2.15. The van der Waals surface area contributed by atoms with E-state index in [2.05, 4.69) is 9.88 Å². The van der Waals surface area contributed by atoms with Crippen molar-refractivity contribution in [1.82, 2.24) is 9.88 Å². The van der Waals surface area contributed by atoms with Crippen LogP contribution in [0.4, 0.5) is 23.2 Å². The number of pyridine rings is 1. The first-order chi connectivity index (χ1) is 11.1. The maximum absolute atomic E-state index is 13.8. The summed E-state index contributed by atoms with van der Waals surface area (Å²) in [6, 6.07) is 9.82. The molecule has 23 heavy (non-hydrogen) atoms. The fourth-order valence-corrected chi connectivity index (χ4v) is 2.72. The molecule has 0 spiro atoms. The van der Waals surface area contributed by atoms with E-state index in [4.69, 9.17) is 0 Å². The lowest BCUT2D eigenvalue weighted by Crippen LogP contribution is -2.46. The van der Waals surface area contributed by atoms with Crippen molar-refractivity contribution in [1.29, 1.82) is 0 Å². The number of anilines is 1. The predicted molar refractivity (Wildman–Crippen MR) is 78.0 cm³/mol. The molecule has 0 radical (unpaired) electrons. The van der Waals surface area contributed by atoms with Gasteiger partial charge in [-0.05, 0) is 5.56 Å². The molecule has 1 aromatic heterocycles. The van der Waals surface area contributed by atoms with Gasteiger partial charge in [0.25, 0.3) is 11.9 Å². The molecule has 3 rings (SSSR count). The number of piperazine rings is 1. The number of rotatable bonds is 3. The molecule has 0 amide bonds. The Balaban J connectivity index is 1.70. The molecule has 1 saturated heterocycles. The molecule has 0 N–H and O–H groups in total. The Labute approximate surface area is 131 Å². The van der Waals surface area contributed by atoms with E-state index in [1.807, 2.05) is 30.3 Å². The fourth-order valence-electron chi connectivity index (χ4n) is 2.72. The van der Waals surface area contributed by atoms with E-state index in [9.17, 15) is 17.6 Å². The maximum Gasteiger partial charge on any atom is 0.253 e. The Morgan fingerprint density at radius 2 is 1.39 bits per heavy atom. The van der Waals surface area contributed by atoms with Crippen molar-refractivity contribution in [3.63, 3.8) is 0 Å². The minimum Gasteiger partial charge on any atom is -0.364 e. The van der Waals surface area contributed by atoms with Crippen LogP contribution in [0.5, 0.6) is 0 Å². The van der Waals surface area contributed by atoms with E-state index in [-0.39, 0.29) is 13.1 Å². The van der Waals surface area contributed by atoms with Crippen LogP contribution in [-0.4, -0.2) is 36.1 Å². The molecule has 0 bridgehead atoms. The summed E-state index contributed by atoms with van der Waals surface area (Å²) in [5.74, 6) is -6.13. The van der Waals surface area contributed by atoms with Crippen LogP contribution in [-0.2, 0) is 6.54 Å². The SMILES string of the molecule is Fc1nc(F)c(F)c(N2CCN(Cc3ccccc3)CC2)c1F. The first kappa shape index (κ1) is 15.7. The van der Waals surface area contributed by atoms with Crippen LogP contribution < -0.4 is 4.90 Å². The summed E-state index contributed by atoms with van der Waals surface area (Å²) in [6.45, 7) is 2.37. The third-order valence-electron chi connectivity index (χ3n) is 3.91. The lowest BCUT2D eigenvalue weighted by molar-refractivity contribution is 0.247. The number of halogens is 4. The van der Waals surface area contributed by atoms with Gasteiger partial charge < -0.3 is 4.90 Å². The third kappa shape index (κ3) is 3.29. The van der Waals surface area contributed by atoms with Crippen molar-refractivity contribution >= 4 is 5.69 Å². The van der Waals surface area contributed by atoms with Crippen LogP contribution in [0.15, 0.2) is 30.3 Å². The van der Waals surface area contributed by atoms with Crippen LogP contribution in [0.2, 0.25) is 0 Å². The van der Waals surface area contributed by atoms with Gasteiger partial charge in [-0.1, -0.05) is 30.3 Å². The number of hydrogen-bond donors (Lipinski definition) is 0. The molecule has 122 valence electrons. The average molecular weight is 325 g/mol. The highest BCUT2D eigenvalue weighted by Gasteiger charge is 2.27. The molecular formula is C16H15F4N3. The topological polar surface area (TPSA) is 19.4 Å². The zero-order valence-electron chi connectivity index (χ0n) is 12.3. The van der Waals surface area contributed by atoms with Gasteiger partial charge in [0.05, 0.1) is 0 Å². The van der Waals surface area contributed by atoms with Crippen molar-refractivity contribution in [2.75, 3.05) is 31.1 Å². The molecule has 1 fully saturated rings. The number of nitrogens with zero attached hydrogens (tertiary/aromatic N) is 3. The first-order valence-electron chi connectivity index (χ1n) is 7.27. The van der Waals surface area contributed by atoms with Gasteiger partial charge in [0.1, 0.15) is 5.69 Å². The van der Waals surface area contributed by atoms with Crippen molar-refractivity contribution < 1.29 is 17.6 Å². The second-order valence-corrected chi connectivity index (χ2v) is 5.42. The van der Waals surface area contributed by atoms with Crippen molar-refractivity contribution in [3.8, 4) is 0 Å². The molecule has 7 heteroatoms. The Kier molecular flexibility index (Phi) is 4.47. The summed E-state index contributed by atoms with van der Waals surface area (Å²) in [7, 11) is 0. The van der Waals surface area contributed by atoms with Crippen LogP contribution in [0.1, 0.15) is 5.56 Å². The zero-order valence-corrected chi connectivity index (χ0v) is 12.3. The van der Waals surface area contributed by atoms with Crippen LogP contribution in [0, 0.1) is 23.5 Å². The van der Waals surface area contributed by atoms with Gasteiger partial charge in [-0.25, -0.2) is 0 Å². The second-order valence-electron chi connectivity index (χ2n) is 5.42. The van der Waals surface area contributed by atoms with Crippen molar-refractivity contribution in [2.24, 2.45) is 0 Å². The largest absolute Gasteiger partial charge is 0.364 e. The Morgan fingerprint density at radius 3 is 1.96 bits per heavy atom. The van der Waals surface area contributed by atoms with E-state index >= 15 is 0 Å². The van der Waals surface area contributed by atoms with E-state index in [1.54, 1.807) is 0 Å². The summed E-state index contributed by atoms with van der Waals surface area (Å²) >= 11 is 0. The normalized spacial score (nSPS) is 15.9. The fraction of sp³-hybridized carbons (Fsp3) is 0.312. The minimum absolute atomic E-state index is 0.281. The molecule has 3 nitrogen and oxygen atoms in total. The highest BCUT2D eigenvalue weighted by atomic mass is 19.2. The Morgan fingerprint density at radius 1 is 0.826 bits per heavy atom.